The quantitative estimate of drug-likeness (QED) is 0.760. The van der Waals surface area contributed by atoms with Gasteiger partial charge in [-0.1, -0.05) is 11.6 Å². The van der Waals surface area contributed by atoms with Gasteiger partial charge in [-0.05, 0) is 44.4 Å². The largest absolute Gasteiger partial charge is 0.481 e. The number of amides is 2. The lowest BCUT2D eigenvalue weighted by Gasteiger charge is -2.32. The molecule has 1 heterocycles. The minimum atomic E-state index is -0.773. The zero-order valence-electron chi connectivity index (χ0n) is 11.9. The third-order valence-electron chi connectivity index (χ3n) is 4.13. The number of hydrogen-bond acceptors (Lipinski definition) is 2. The number of aliphatic carboxylic acids is 1. The number of carboxylic acids is 1. The van der Waals surface area contributed by atoms with Crippen molar-refractivity contribution in [1.29, 1.82) is 0 Å². The maximum Gasteiger partial charge on any atom is 0.317 e. The van der Waals surface area contributed by atoms with Crippen molar-refractivity contribution >= 4 is 12.0 Å². The molecule has 5 heteroatoms. The number of allylic oxidation sites excluding steroid dienone is 1. The minimum Gasteiger partial charge on any atom is -0.481 e. The molecule has 1 aliphatic carbocycles. The summed E-state index contributed by atoms with van der Waals surface area (Å²) in [5.41, 5.74) is 1.45. The normalized spacial score (nSPS) is 22.5. The molecule has 1 unspecified atom stereocenters. The Morgan fingerprint density at radius 3 is 2.95 bits per heavy atom. The number of carboxylic acid groups (broad SMARTS) is 1. The topological polar surface area (TPSA) is 69.6 Å². The summed E-state index contributed by atoms with van der Waals surface area (Å²) in [6.45, 7) is 2.00. The Labute approximate surface area is 120 Å². The highest BCUT2D eigenvalue weighted by molar-refractivity contribution is 5.74. The molecule has 0 aromatic rings. The maximum atomic E-state index is 12.1. The van der Waals surface area contributed by atoms with Gasteiger partial charge in [0.2, 0.25) is 0 Å². The van der Waals surface area contributed by atoms with Crippen molar-refractivity contribution in [2.45, 2.75) is 44.9 Å². The van der Waals surface area contributed by atoms with Crippen LogP contribution in [-0.2, 0) is 4.79 Å². The molecule has 20 heavy (non-hydrogen) atoms. The Kier molecular flexibility index (Phi) is 5.44. The second-order valence-corrected chi connectivity index (χ2v) is 5.79. The number of piperidine rings is 1. The minimum absolute atomic E-state index is 0.0429. The summed E-state index contributed by atoms with van der Waals surface area (Å²) in [6, 6.07) is -0.0429. The molecule has 112 valence electrons. The number of nitrogens with one attached hydrogen (secondary N) is 1. The van der Waals surface area contributed by atoms with Crippen LogP contribution in [0.25, 0.3) is 0 Å². The molecular formula is C15H24N2O3. The van der Waals surface area contributed by atoms with E-state index in [1.807, 2.05) is 0 Å². The first-order valence-electron chi connectivity index (χ1n) is 7.57. The summed E-state index contributed by atoms with van der Waals surface area (Å²) in [5.74, 6) is -0.671. The molecule has 2 rings (SSSR count). The van der Waals surface area contributed by atoms with Gasteiger partial charge in [0.1, 0.15) is 0 Å². The summed E-state index contributed by atoms with van der Waals surface area (Å²) in [4.78, 5) is 24.6. The fraction of sp³-hybridized carbons (Fsp3) is 0.733. The fourth-order valence-corrected chi connectivity index (χ4v) is 3.07. The number of rotatable bonds is 5. The number of hydrogen-bond donors (Lipinski definition) is 2. The van der Waals surface area contributed by atoms with Gasteiger partial charge in [-0.15, -0.1) is 0 Å². The SMILES string of the molecule is O=C(O)CC1CCCN(C(=O)NCCC2=CCCC2)C1. The van der Waals surface area contributed by atoms with Gasteiger partial charge in [0, 0.05) is 26.1 Å². The van der Waals surface area contributed by atoms with Crippen LogP contribution in [-0.4, -0.2) is 41.6 Å². The highest BCUT2D eigenvalue weighted by Crippen LogP contribution is 2.21. The molecule has 1 fully saturated rings. The molecular weight excluding hydrogens is 256 g/mol. The fourth-order valence-electron chi connectivity index (χ4n) is 3.07. The predicted octanol–water partition coefficient (Wildman–Crippen LogP) is 2.38. The molecule has 5 nitrogen and oxygen atoms in total. The second kappa shape index (κ2) is 7.31. The van der Waals surface area contributed by atoms with Crippen LogP contribution in [0.15, 0.2) is 11.6 Å². The lowest BCUT2D eigenvalue weighted by atomic mass is 9.95. The van der Waals surface area contributed by atoms with Gasteiger partial charge >= 0.3 is 12.0 Å². The molecule has 2 aliphatic rings. The molecule has 0 aromatic heterocycles. The lowest BCUT2D eigenvalue weighted by Crippen LogP contribution is -2.46. The van der Waals surface area contributed by atoms with Crippen molar-refractivity contribution < 1.29 is 14.7 Å². The van der Waals surface area contributed by atoms with E-state index in [0.29, 0.717) is 13.1 Å². The highest BCUT2D eigenvalue weighted by atomic mass is 16.4. The van der Waals surface area contributed by atoms with Crippen molar-refractivity contribution in [3.8, 4) is 0 Å². The van der Waals surface area contributed by atoms with E-state index in [1.165, 1.54) is 24.8 Å². The smallest absolute Gasteiger partial charge is 0.317 e. The molecule has 0 saturated carbocycles. The molecule has 1 aliphatic heterocycles. The molecule has 0 bridgehead atoms. The number of carbonyl (C=O) groups is 2. The van der Waals surface area contributed by atoms with Gasteiger partial charge in [-0.3, -0.25) is 4.79 Å². The zero-order chi connectivity index (χ0) is 14.4. The average Bonchev–Trinajstić information content (AvgIpc) is 2.91. The molecule has 0 aromatic carbocycles. The van der Waals surface area contributed by atoms with E-state index < -0.39 is 5.97 Å². The number of likely N-dealkylation sites (tertiary alicyclic amines) is 1. The van der Waals surface area contributed by atoms with Gasteiger partial charge in [-0.25, -0.2) is 4.79 Å². The van der Waals surface area contributed by atoms with Crippen LogP contribution in [0.4, 0.5) is 4.79 Å². The van der Waals surface area contributed by atoms with Gasteiger partial charge in [0.15, 0.2) is 0 Å². The third-order valence-corrected chi connectivity index (χ3v) is 4.13. The van der Waals surface area contributed by atoms with Crippen LogP contribution >= 0.6 is 0 Å². The first-order valence-corrected chi connectivity index (χ1v) is 7.57. The average molecular weight is 280 g/mol. The van der Waals surface area contributed by atoms with E-state index in [4.69, 9.17) is 5.11 Å². The van der Waals surface area contributed by atoms with Crippen molar-refractivity contribution in [3.63, 3.8) is 0 Å². The maximum absolute atomic E-state index is 12.1. The number of carbonyl (C=O) groups excluding carboxylic acids is 1. The standard InChI is InChI=1S/C15H24N2O3/c18-14(19)10-13-6-3-9-17(11-13)15(20)16-8-7-12-4-1-2-5-12/h4,13H,1-3,5-11H2,(H,16,20)(H,18,19). The summed E-state index contributed by atoms with van der Waals surface area (Å²) >= 11 is 0. The Morgan fingerprint density at radius 1 is 1.40 bits per heavy atom. The molecule has 1 saturated heterocycles. The Balaban J connectivity index is 1.69. The van der Waals surface area contributed by atoms with Crippen LogP contribution in [0.1, 0.15) is 44.9 Å². The van der Waals surface area contributed by atoms with Gasteiger partial charge in [0.05, 0.1) is 0 Å². The third kappa shape index (κ3) is 4.54. The van der Waals surface area contributed by atoms with E-state index in [9.17, 15) is 9.59 Å². The molecule has 2 amide bonds. The first kappa shape index (κ1) is 14.9. The van der Waals surface area contributed by atoms with E-state index in [-0.39, 0.29) is 18.4 Å². The van der Waals surface area contributed by atoms with E-state index in [1.54, 1.807) is 4.90 Å². The van der Waals surface area contributed by atoms with E-state index in [2.05, 4.69) is 11.4 Å². The van der Waals surface area contributed by atoms with Crippen LogP contribution in [0.3, 0.4) is 0 Å². The number of urea groups is 1. The summed E-state index contributed by atoms with van der Waals surface area (Å²) in [5, 5.41) is 11.8. The lowest BCUT2D eigenvalue weighted by molar-refractivity contribution is -0.138. The van der Waals surface area contributed by atoms with Gasteiger partial charge in [0.25, 0.3) is 0 Å². The van der Waals surface area contributed by atoms with Crippen molar-refractivity contribution in [2.75, 3.05) is 19.6 Å². The second-order valence-electron chi connectivity index (χ2n) is 5.79. The Morgan fingerprint density at radius 2 is 2.25 bits per heavy atom. The van der Waals surface area contributed by atoms with E-state index >= 15 is 0 Å². The van der Waals surface area contributed by atoms with Crippen LogP contribution in [0, 0.1) is 5.92 Å². The molecule has 0 spiro atoms. The van der Waals surface area contributed by atoms with Crippen LogP contribution < -0.4 is 5.32 Å². The number of nitrogens with zero attached hydrogens (tertiary/aromatic N) is 1. The molecule has 2 N–H and O–H groups in total. The van der Waals surface area contributed by atoms with Crippen molar-refractivity contribution in [1.82, 2.24) is 10.2 Å². The van der Waals surface area contributed by atoms with Gasteiger partial charge in [-0.2, -0.15) is 0 Å². The zero-order valence-corrected chi connectivity index (χ0v) is 11.9. The Hall–Kier alpha value is -1.52. The Bertz CT molecular complexity index is 393. The first-order chi connectivity index (χ1) is 9.65. The van der Waals surface area contributed by atoms with E-state index in [0.717, 1.165) is 25.8 Å². The molecule has 0 radical (unpaired) electrons. The summed E-state index contributed by atoms with van der Waals surface area (Å²) < 4.78 is 0. The molecule has 1 atom stereocenters. The summed E-state index contributed by atoms with van der Waals surface area (Å²) in [6.07, 6.45) is 8.77. The van der Waals surface area contributed by atoms with Gasteiger partial charge < -0.3 is 15.3 Å². The van der Waals surface area contributed by atoms with Crippen LogP contribution in [0.2, 0.25) is 0 Å². The highest BCUT2D eigenvalue weighted by Gasteiger charge is 2.24. The van der Waals surface area contributed by atoms with Crippen LogP contribution in [0.5, 0.6) is 0 Å². The monoisotopic (exact) mass is 280 g/mol. The van der Waals surface area contributed by atoms with Crippen molar-refractivity contribution in [2.24, 2.45) is 5.92 Å². The summed E-state index contributed by atoms with van der Waals surface area (Å²) in [7, 11) is 0. The van der Waals surface area contributed by atoms with Crippen molar-refractivity contribution in [3.05, 3.63) is 11.6 Å². The predicted molar refractivity (Wildman–Crippen MR) is 76.5 cm³/mol.